The first kappa shape index (κ1) is 16.1. The van der Waals surface area contributed by atoms with Crippen molar-refractivity contribution in [2.75, 3.05) is 20.3 Å². The number of β-amino-alcohol motifs (C(OH)–C–C–N with tert-alkyl or cyclic N) is 1. The molecule has 0 radical (unpaired) electrons. The molecule has 0 bridgehead atoms. The average molecular weight is 319 g/mol. The molecule has 1 N–H and O–H groups in total. The molecular formula is C17H22FN3O2. The van der Waals surface area contributed by atoms with Gasteiger partial charge in [0.05, 0.1) is 25.5 Å². The number of ether oxygens (including phenoxy) is 1. The van der Waals surface area contributed by atoms with Crippen molar-refractivity contribution in [3.8, 4) is 0 Å². The number of methoxy groups -OCH3 is 1. The lowest BCUT2D eigenvalue weighted by atomic mass is 10.0. The maximum Gasteiger partial charge on any atom is 0.123 e. The fraction of sp³-hybridized carbons (Fsp3) is 0.471. The Hall–Kier alpha value is -1.76. The zero-order valence-corrected chi connectivity index (χ0v) is 13.2. The fourth-order valence-electron chi connectivity index (χ4n) is 3.14. The minimum absolute atomic E-state index is 0.0306. The van der Waals surface area contributed by atoms with Crippen molar-refractivity contribution in [2.24, 2.45) is 0 Å². The summed E-state index contributed by atoms with van der Waals surface area (Å²) in [5.41, 5.74) is 1.99. The van der Waals surface area contributed by atoms with Crippen LogP contribution in [-0.4, -0.2) is 46.2 Å². The van der Waals surface area contributed by atoms with Gasteiger partial charge >= 0.3 is 0 Å². The Bertz CT molecular complexity index is 646. The van der Waals surface area contributed by atoms with Gasteiger partial charge in [-0.3, -0.25) is 9.58 Å². The number of aromatic nitrogens is 2. The molecule has 5 nitrogen and oxygen atoms in total. The van der Waals surface area contributed by atoms with E-state index < -0.39 is 0 Å². The molecule has 0 saturated carbocycles. The molecule has 0 aliphatic carbocycles. The van der Waals surface area contributed by atoms with Gasteiger partial charge in [0.25, 0.3) is 0 Å². The third-order valence-electron chi connectivity index (χ3n) is 4.21. The van der Waals surface area contributed by atoms with Crippen LogP contribution in [0.4, 0.5) is 4.39 Å². The van der Waals surface area contributed by atoms with E-state index in [1.54, 1.807) is 19.2 Å². The van der Waals surface area contributed by atoms with Gasteiger partial charge in [-0.05, 0) is 24.1 Å². The number of likely N-dealkylation sites (tertiary alicyclic amines) is 1. The number of aliphatic hydroxyl groups is 1. The maximum atomic E-state index is 13.5. The molecule has 1 saturated heterocycles. The van der Waals surface area contributed by atoms with Crippen LogP contribution >= 0.6 is 0 Å². The molecule has 3 rings (SSSR count). The quantitative estimate of drug-likeness (QED) is 0.884. The summed E-state index contributed by atoms with van der Waals surface area (Å²) < 4.78 is 20.4. The summed E-state index contributed by atoms with van der Waals surface area (Å²) in [7, 11) is 1.67. The molecule has 1 aromatic heterocycles. The van der Waals surface area contributed by atoms with E-state index >= 15 is 0 Å². The summed E-state index contributed by atoms with van der Waals surface area (Å²) in [4.78, 5) is 2.18. The average Bonchev–Trinajstić information content (AvgIpc) is 3.12. The van der Waals surface area contributed by atoms with E-state index in [2.05, 4.69) is 10.00 Å². The molecule has 2 heterocycles. The van der Waals surface area contributed by atoms with Gasteiger partial charge in [-0.1, -0.05) is 12.1 Å². The minimum Gasteiger partial charge on any atom is -0.392 e. The Morgan fingerprint density at radius 2 is 2.30 bits per heavy atom. The first-order chi connectivity index (χ1) is 11.2. The molecule has 6 heteroatoms. The Morgan fingerprint density at radius 3 is 3.09 bits per heavy atom. The predicted octanol–water partition coefficient (Wildman–Crippen LogP) is 1.98. The fourth-order valence-corrected chi connectivity index (χ4v) is 3.14. The second kappa shape index (κ2) is 7.21. The Kier molecular flexibility index (Phi) is 5.05. The predicted molar refractivity (Wildman–Crippen MR) is 84.3 cm³/mol. The molecule has 2 atom stereocenters. The summed E-state index contributed by atoms with van der Waals surface area (Å²) in [6.45, 7) is 2.61. The topological polar surface area (TPSA) is 50.5 Å². The molecular weight excluding hydrogens is 297 g/mol. The van der Waals surface area contributed by atoms with Crippen molar-refractivity contribution in [3.05, 3.63) is 53.6 Å². The lowest BCUT2D eigenvalue weighted by Crippen LogP contribution is -2.24. The zero-order valence-electron chi connectivity index (χ0n) is 13.2. The first-order valence-corrected chi connectivity index (χ1v) is 7.83. The van der Waals surface area contributed by atoms with Crippen LogP contribution in [0.3, 0.4) is 0 Å². The molecule has 1 fully saturated rings. The van der Waals surface area contributed by atoms with E-state index in [4.69, 9.17) is 4.74 Å². The summed E-state index contributed by atoms with van der Waals surface area (Å²) in [5.74, 6) is -0.240. The van der Waals surface area contributed by atoms with E-state index in [0.29, 0.717) is 32.7 Å². The van der Waals surface area contributed by atoms with Crippen LogP contribution in [0.2, 0.25) is 0 Å². The molecule has 23 heavy (non-hydrogen) atoms. The van der Waals surface area contributed by atoms with Crippen LogP contribution in [0.1, 0.15) is 23.6 Å². The highest BCUT2D eigenvalue weighted by atomic mass is 19.1. The third-order valence-corrected chi connectivity index (χ3v) is 4.21. The van der Waals surface area contributed by atoms with E-state index in [1.807, 2.05) is 23.1 Å². The van der Waals surface area contributed by atoms with Gasteiger partial charge < -0.3 is 9.84 Å². The first-order valence-electron chi connectivity index (χ1n) is 7.83. The van der Waals surface area contributed by atoms with Crippen molar-refractivity contribution in [3.63, 3.8) is 0 Å². The third kappa shape index (κ3) is 3.96. The van der Waals surface area contributed by atoms with Crippen molar-refractivity contribution < 1.29 is 14.2 Å². The number of aliphatic hydroxyl groups excluding tert-OH is 1. The summed E-state index contributed by atoms with van der Waals surface area (Å²) in [6.07, 6.45) is 4.07. The number of rotatable bonds is 6. The summed E-state index contributed by atoms with van der Waals surface area (Å²) in [6, 6.07) is 6.66. The summed E-state index contributed by atoms with van der Waals surface area (Å²) in [5, 5.41) is 14.3. The van der Waals surface area contributed by atoms with E-state index in [0.717, 1.165) is 11.1 Å². The van der Waals surface area contributed by atoms with Crippen molar-refractivity contribution >= 4 is 0 Å². The Balaban J connectivity index is 1.71. The monoisotopic (exact) mass is 319 g/mol. The molecule has 0 unspecified atom stereocenters. The minimum atomic E-state index is -0.383. The lowest BCUT2D eigenvalue weighted by molar-refractivity contribution is 0.172. The van der Waals surface area contributed by atoms with Gasteiger partial charge in [0.1, 0.15) is 5.82 Å². The number of hydrogen-bond acceptors (Lipinski definition) is 4. The molecule has 1 aromatic carbocycles. The van der Waals surface area contributed by atoms with Gasteiger partial charge in [0.2, 0.25) is 0 Å². The van der Waals surface area contributed by atoms with E-state index in [1.165, 1.54) is 6.07 Å². The Labute approximate surface area is 135 Å². The van der Waals surface area contributed by atoms with Gasteiger partial charge in [0, 0.05) is 38.0 Å². The number of nitrogens with zero attached hydrogens (tertiary/aromatic N) is 3. The molecule has 1 aliphatic rings. The van der Waals surface area contributed by atoms with Crippen LogP contribution in [0.15, 0.2) is 36.7 Å². The second-order valence-corrected chi connectivity index (χ2v) is 5.99. The van der Waals surface area contributed by atoms with Crippen molar-refractivity contribution in [1.29, 1.82) is 0 Å². The lowest BCUT2D eigenvalue weighted by Gasteiger charge is -2.23. The Morgan fingerprint density at radius 1 is 1.43 bits per heavy atom. The van der Waals surface area contributed by atoms with E-state index in [9.17, 15) is 9.50 Å². The second-order valence-electron chi connectivity index (χ2n) is 5.99. The van der Waals surface area contributed by atoms with Gasteiger partial charge in [0.15, 0.2) is 0 Å². The zero-order chi connectivity index (χ0) is 16.2. The molecule has 2 aromatic rings. The molecule has 124 valence electrons. The van der Waals surface area contributed by atoms with Crippen LogP contribution < -0.4 is 0 Å². The van der Waals surface area contributed by atoms with E-state index in [-0.39, 0.29) is 18.0 Å². The highest BCUT2D eigenvalue weighted by Gasteiger charge is 2.32. The SMILES string of the molecule is COCCn1cc(CN2C[C@H](O)C[C@@H]2c2cccc(F)c2)cn1. The van der Waals surface area contributed by atoms with Crippen LogP contribution in [0, 0.1) is 5.82 Å². The molecule has 1 aliphatic heterocycles. The molecule has 0 spiro atoms. The highest BCUT2D eigenvalue weighted by Crippen LogP contribution is 2.33. The maximum absolute atomic E-state index is 13.5. The highest BCUT2D eigenvalue weighted by molar-refractivity contribution is 5.22. The molecule has 0 amide bonds. The van der Waals surface area contributed by atoms with Gasteiger partial charge in [-0.25, -0.2) is 4.39 Å². The van der Waals surface area contributed by atoms with Gasteiger partial charge in [-0.15, -0.1) is 0 Å². The normalized spacial score (nSPS) is 21.9. The van der Waals surface area contributed by atoms with Crippen LogP contribution in [0.25, 0.3) is 0 Å². The van der Waals surface area contributed by atoms with Crippen LogP contribution in [-0.2, 0) is 17.8 Å². The standard InChI is InChI=1S/C17H22FN3O2/c1-23-6-5-21-11-13(9-19-21)10-20-12-16(22)8-17(20)14-3-2-4-15(18)7-14/h2-4,7,9,11,16-17,22H,5-6,8,10,12H2,1H3/t16-,17-/m1/s1. The summed E-state index contributed by atoms with van der Waals surface area (Å²) >= 11 is 0. The number of hydrogen-bond donors (Lipinski definition) is 1. The number of benzene rings is 1. The largest absolute Gasteiger partial charge is 0.392 e. The van der Waals surface area contributed by atoms with Crippen molar-refractivity contribution in [2.45, 2.75) is 31.7 Å². The van der Waals surface area contributed by atoms with Crippen molar-refractivity contribution in [1.82, 2.24) is 14.7 Å². The number of halogens is 1. The van der Waals surface area contributed by atoms with Crippen LogP contribution in [0.5, 0.6) is 0 Å². The smallest absolute Gasteiger partial charge is 0.123 e. The van der Waals surface area contributed by atoms with Gasteiger partial charge in [-0.2, -0.15) is 5.10 Å².